The van der Waals surface area contributed by atoms with Crippen LogP contribution in [0.15, 0.2) is 42.5 Å². The Bertz CT molecular complexity index is 748. The zero-order valence-electron chi connectivity index (χ0n) is 11.2. The van der Waals surface area contributed by atoms with Crippen LogP contribution in [0, 0.1) is 0 Å². The van der Waals surface area contributed by atoms with E-state index < -0.39 is 10.0 Å². The van der Waals surface area contributed by atoms with Gasteiger partial charge in [-0.25, -0.2) is 8.42 Å². The summed E-state index contributed by atoms with van der Waals surface area (Å²) in [5, 5.41) is 4.41. The zero-order valence-corrected chi connectivity index (χ0v) is 13.6. The van der Waals surface area contributed by atoms with Crippen LogP contribution < -0.4 is 10.0 Å². The third kappa shape index (κ3) is 5.12. The molecule has 0 radical (unpaired) electrons. The van der Waals surface area contributed by atoms with Crippen molar-refractivity contribution in [1.82, 2.24) is 0 Å². The first-order chi connectivity index (χ1) is 9.83. The van der Waals surface area contributed by atoms with Gasteiger partial charge in [0.1, 0.15) is 0 Å². The fraction of sp³-hybridized carbons (Fsp3) is 0.143. The number of hydrogen-bond acceptors (Lipinski definition) is 3. The van der Waals surface area contributed by atoms with E-state index in [0.29, 0.717) is 22.3 Å². The summed E-state index contributed by atoms with van der Waals surface area (Å²) in [7, 11) is -3.29. The lowest BCUT2D eigenvalue weighted by atomic mass is 10.2. The summed E-state index contributed by atoms with van der Waals surface area (Å²) >= 11 is 12.0. The summed E-state index contributed by atoms with van der Waals surface area (Å²) in [5.74, 6) is 0. The molecular weight excluding hydrogens is 331 g/mol. The van der Waals surface area contributed by atoms with Gasteiger partial charge in [-0.3, -0.25) is 4.72 Å². The molecule has 0 fully saturated rings. The van der Waals surface area contributed by atoms with E-state index in [9.17, 15) is 8.42 Å². The molecule has 0 amide bonds. The molecule has 0 aliphatic heterocycles. The van der Waals surface area contributed by atoms with E-state index in [1.807, 2.05) is 6.07 Å². The molecule has 0 heterocycles. The molecule has 2 aromatic carbocycles. The van der Waals surface area contributed by atoms with Gasteiger partial charge in [-0.15, -0.1) is 0 Å². The SMILES string of the molecule is CS(=O)(=O)Nc1cccc(NCc2cc(Cl)ccc2Cl)c1. The number of hydrogen-bond donors (Lipinski definition) is 2. The molecule has 112 valence electrons. The highest BCUT2D eigenvalue weighted by Crippen LogP contribution is 2.22. The lowest BCUT2D eigenvalue weighted by molar-refractivity contribution is 0.607. The summed E-state index contributed by atoms with van der Waals surface area (Å²) < 4.78 is 24.8. The van der Waals surface area contributed by atoms with Crippen molar-refractivity contribution < 1.29 is 8.42 Å². The van der Waals surface area contributed by atoms with Crippen LogP contribution in [0.25, 0.3) is 0 Å². The van der Waals surface area contributed by atoms with Crippen molar-refractivity contribution in [1.29, 1.82) is 0 Å². The first kappa shape index (κ1) is 15.9. The van der Waals surface area contributed by atoms with Gasteiger partial charge in [0.05, 0.1) is 11.9 Å². The van der Waals surface area contributed by atoms with Crippen LogP contribution in [-0.4, -0.2) is 14.7 Å². The van der Waals surface area contributed by atoms with Gasteiger partial charge in [-0.05, 0) is 42.0 Å². The van der Waals surface area contributed by atoms with Crippen molar-refractivity contribution in [2.75, 3.05) is 16.3 Å². The lowest BCUT2D eigenvalue weighted by Gasteiger charge is -2.10. The van der Waals surface area contributed by atoms with Crippen molar-refractivity contribution in [2.24, 2.45) is 0 Å². The quantitative estimate of drug-likeness (QED) is 0.862. The first-order valence-electron chi connectivity index (χ1n) is 6.09. The second kappa shape index (κ2) is 6.56. The molecule has 0 unspecified atom stereocenters. The van der Waals surface area contributed by atoms with E-state index in [1.165, 1.54) is 0 Å². The molecule has 0 aliphatic rings. The molecular formula is C14H14Cl2N2O2S. The van der Waals surface area contributed by atoms with Crippen molar-refractivity contribution in [3.8, 4) is 0 Å². The highest BCUT2D eigenvalue weighted by atomic mass is 35.5. The first-order valence-corrected chi connectivity index (χ1v) is 8.74. The fourth-order valence-corrected chi connectivity index (χ4v) is 2.72. The summed E-state index contributed by atoms with van der Waals surface area (Å²) in [6.45, 7) is 0.488. The zero-order chi connectivity index (χ0) is 15.5. The minimum absolute atomic E-state index is 0.488. The molecule has 21 heavy (non-hydrogen) atoms. The Kier molecular flexibility index (Phi) is 4.98. The highest BCUT2D eigenvalue weighted by Gasteiger charge is 2.04. The highest BCUT2D eigenvalue weighted by molar-refractivity contribution is 7.92. The number of rotatable bonds is 5. The van der Waals surface area contributed by atoms with Crippen molar-refractivity contribution in [2.45, 2.75) is 6.54 Å². The van der Waals surface area contributed by atoms with E-state index >= 15 is 0 Å². The van der Waals surface area contributed by atoms with Crippen LogP contribution in [0.4, 0.5) is 11.4 Å². The van der Waals surface area contributed by atoms with Gasteiger partial charge in [0, 0.05) is 22.3 Å². The van der Waals surface area contributed by atoms with Gasteiger partial charge in [0.2, 0.25) is 10.0 Å². The molecule has 0 saturated heterocycles. The minimum atomic E-state index is -3.29. The van der Waals surface area contributed by atoms with Crippen molar-refractivity contribution in [3.63, 3.8) is 0 Å². The minimum Gasteiger partial charge on any atom is -0.381 e. The maximum absolute atomic E-state index is 11.2. The molecule has 4 nitrogen and oxygen atoms in total. The number of sulfonamides is 1. The van der Waals surface area contributed by atoms with E-state index in [-0.39, 0.29) is 0 Å². The average Bonchev–Trinajstić information content (AvgIpc) is 2.38. The van der Waals surface area contributed by atoms with Crippen LogP contribution in [0.3, 0.4) is 0 Å². The van der Waals surface area contributed by atoms with Gasteiger partial charge in [-0.1, -0.05) is 29.3 Å². The summed E-state index contributed by atoms with van der Waals surface area (Å²) in [4.78, 5) is 0. The van der Waals surface area contributed by atoms with Gasteiger partial charge >= 0.3 is 0 Å². The molecule has 2 aromatic rings. The van der Waals surface area contributed by atoms with Crippen LogP contribution in [0.2, 0.25) is 10.0 Å². The molecule has 2 rings (SSSR count). The third-order valence-electron chi connectivity index (χ3n) is 2.66. The van der Waals surface area contributed by atoms with Crippen LogP contribution in [0.1, 0.15) is 5.56 Å². The Morgan fingerprint density at radius 2 is 1.76 bits per heavy atom. The largest absolute Gasteiger partial charge is 0.381 e. The molecule has 0 bridgehead atoms. The van der Waals surface area contributed by atoms with Gasteiger partial charge in [-0.2, -0.15) is 0 Å². The average molecular weight is 345 g/mol. The van der Waals surface area contributed by atoms with Crippen molar-refractivity contribution >= 4 is 44.6 Å². The second-order valence-corrected chi connectivity index (χ2v) is 7.14. The fourth-order valence-electron chi connectivity index (χ4n) is 1.78. The third-order valence-corrected chi connectivity index (χ3v) is 3.87. The lowest BCUT2D eigenvalue weighted by Crippen LogP contribution is -2.09. The Balaban J connectivity index is 2.10. The molecule has 7 heteroatoms. The van der Waals surface area contributed by atoms with E-state index in [4.69, 9.17) is 23.2 Å². The second-order valence-electron chi connectivity index (χ2n) is 4.54. The summed E-state index contributed by atoms with van der Waals surface area (Å²) in [6.07, 6.45) is 1.11. The predicted octanol–water partition coefficient (Wildman–Crippen LogP) is 3.98. The summed E-state index contributed by atoms with van der Waals surface area (Å²) in [5.41, 5.74) is 2.14. The Morgan fingerprint density at radius 3 is 2.48 bits per heavy atom. The molecule has 0 saturated carbocycles. The van der Waals surface area contributed by atoms with Gasteiger partial charge in [0.25, 0.3) is 0 Å². The molecule has 2 N–H and O–H groups in total. The van der Waals surface area contributed by atoms with Gasteiger partial charge in [0.15, 0.2) is 0 Å². The van der Waals surface area contributed by atoms with E-state index in [0.717, 1.165) is 17.5 Å². The maximum atomic E-state index is 11.2. The normalized spacial score (nSPS) is 11.2. The van der Waals surface area contributed by atoms with E-state index in [2.05, 4.69) is 10.0 Å². The maximum Gasteiger partial charge on any atom is 0.229 e. The van der Waals surface area contributed by atoms with Crippen LogP contribution in [0.5, 0.6) is 0 Å². The molecule has 0 atom stereocenters. The summed E-state index contributed by atoms with van der Waals surface area (Å²) in [6, 6.07) is 12.2. The standard InChI is InChI=1S/C14H14Cl2N2O2S/c1-21(19,20)18-13-4-2-3-12(8-13)17-9-10-7-11(15)5-6-14(10)16/h2-8,17-18H,9H2,1H3. The van der Waals surface area contributed by atoms with Gasteiger partial charge < -0.3 is 5.32 Å². The van der Waals surface area contributed by atoms with Crippen LogP contribution >= 0.6 is 23.2 Å². The topological polar surface area (TPSA) is 58.2 Å². The Hall–Kier alpha value is -1.43. The Labute approximate surface area is 134 Å². The Morgan fingerprint density at radius 1 is 1.05 bits per heavy atom. The number of nitrogens with one attached hydrogen (secondary N) is 2. The molecule has 0 aliphatic carbocycles. The van der Waals surface area contributed by atoms with Crippen LogP contribution in [-0.2, 0) is 16.6 Å². The molecule has 0 aromatic heterocycles. The smallest absolute Gasteiger partial charge is 0.229 e. The number of anilines is 2. The monoisotopic (exact) mass is 344 g/mol. The molecule has 0 spiro atoms. The predicted molar refractivity (Wildman–Crippen MR) is 88.7 cm³/mol. The number of benzene rings is 2. The van der Waals surface area contributed by atoms with E-state index in [1.54, 1.807) is 36.4 Å². The van der Waals surface area contributed by atoms with Crippen molar-refractivity contribution in [3.05, 3.63) is 58.1 Å². The number of halogens is 2.